The lowest BCUT2D eigenvalue weighted by atomic mass is 10.00. The first-order chi connectivity index (χ1) is 14.9. The molecule has 3 aromatic rings. The van der Waals surface area contributed by atoms with E-state index in [1.54, 1.807) is 51.3 Å². The smallest absolute Gasteiger partial charge is 0.341 e. The van der Waals surface area contributed by atoms with Crippen LogP contribution in [0.4, 0.5) is 14.5 Å². The number of nitro groups is 1. The molecule has 1 heterocycles. The Hall–Kier alpha value is -3.55. The molecule has 0 aliphatic rings. The van der Waals surface area contributed by atoms with Crippen molar-refractivity contribution >= 4 is 11.7 Å². The molecule has 0 bridgehead atoms. The molecule has 0 amide bonds. The molecule has 0 atom stereocenters. The summed E-state index contributed by atoms with van der Waals surface area (Å²) in [6, 6.07) is 9.21. The number of nitrogens with zero attached hydrogens (tertiary/aromatic N) is 2. The van der Waals surface area contributed by atoms with Crippen LogP contribution in [-0.4, -0.2) is 21.1 Å². The summed E-state index contributed by atoms with van der Waals surface area (Å²) in [6.45, 7) is 8.84. The molecule has 32 heavy (non-hydrogen) atoms. The highest BCUT2D eigenvalue weighted by Gasteiger charge is 2.28. The van der Waals surface area contributed by atoms with Crippen molar-refractivity contribution < 1.29 is 23.2 Å². The molecule has 0 saturated carbocycles. The fourth-order valence-corrected chi connectivity index (χ4v) is 3.62. The van der Waals surface area contributed by atoms with Gasteiger partial charge in [0.2, 0.25) is 0 Å². The van der Waals surface area contributed by atoms with Crippen molar-refractivity contribution in [1.29, 1.82) is 0 Å². The van der Waals surface area contributed by atoms with Gasteiger partial charge in [-0.25, -0.2) is 13.6 Å². The molecular weight excluding hydrogens is 418 g/mol. The van der Waals surface area contributed by atoms with E-state index >= 15 is 0 Å². The first kappa shape index (κ1) is 23.1. The number of carbonyl (C=O) groups excluding carboxylic acids is 1. The van der Waals surface area contributed by atoms with Gasteiger partial charge in [-0.05, 0) is 58.4 Å². The van der Waals surface area contributed by atoms with E-state index in [4.69, 9.17) is 4.74 Å². The number of aromatic nitrogens is 1. The number of nitro benzene ring substituents is 1. The number of esters is 1. The van der Waals surface area contributed by atoms with Crippen LogP contribution in [0.25, 0.3) is 11.1 Å². The van der Waals surface area contributed by atoms with Crippen molar-refractivity contribution in [3.05, 3.63) is 86.7 Å². The van der Waals surface area contributed by atoms with E-state index in [0.29, 0.717) is 28.1 Å². The number of carbonyl (C=O) groups is 1. The number of halogens is 2. The summed E-state index contributed by atoms with van der Waals surface area (Å²) in [5, 5.41) is 11.0. The Morgan fingerprint density at radius 2 is 1.69 bits per heavy atom. The minimum atomic E-state index is -0.741. The van der Waals surface area contributed by atoms with Gasteiger partial charge < -0.3 is 9.30 Å². The SMILES string of the molecule is Cc1c(C(=O)OC(C)(C)C)c(-c2ccc([N+](=O)[O-])cc2)c(C)n1Cc1ccc(F)cc1F. The quantitative estimate of drug-likeness (QED) is 0.278. The maximum Gasteiger partial charge on any atom is 0.341 e. The van der Waals surface area contributed by atoms with Crippen LogP contribution in [0, 0.1) is 35.6 Å². The molecule has 6 nitrogen and oxygen atoms in total. The minimum Gasteiger partial charge on any atom is -0.456 e. The zero-order chi connectivity index (χ0) is 23.8. The second-order valence-corrected chi connectivity index (χ2v) is 8.55. The summed E-state index contributed by atoms with van der Waals surface area (Å²) in [6.07, 6.45) is 0. The van der Waals surface area contributed by atoms with E-state index in [1.165, 1.54) is 24.3 Å². The summed E-state index contributed by atoms with van der Waals surface area (Å²) in [4.78, 5) is 23.6. The second-order valence-electron chi connectivity index (χ2n) is 8.55. The lowest BCUT2D eigenvalue weighted by molar-refractivity contribution is -0.384. The van der Waals surface area contributed by atoms with Gasteiger partial charge in [-0.1, -0.05) is 6.07 Å². The van der Waals surface area contributed by atoms with E-state index in [2.05, 4.69) is 0 Å². The first-order valence-corrected chi connectivity index (χ1v) is 10.0. The number of hydrogen-bond donors (Lipinski definition) is 0. The Morgan fingerprint density at radius 3 is 2.22 bits per heavy atom. The van der Waals surface area contributed by atoms with Crippen LogP contribution in [-0.2, 0) is 11.3 Å². The molecule has 0 spiro atoms. The second kappa shape index (κ2) is 8.53. The third kappa shape index (κ3) is 4.69. The number of benzene rings is 2. The van der Waals surface area contributed by atoms with Crippen LogP contribution in [0.1, 0.15) is 48.1 Å². The maximum absolute atomic E-state index is 14.3. The van der Waals surface area contributed by atoms with E-state index in [0.717, 1.165) is 6.07 Å². The van der Waals surface area contributed by atoms with E-state index in [-0.39, 0.29) is 17.8 Å². The summed E-state index contributed by atoms with van der Waals surface area (Å²) in [5.74, 6) is -1.91. The maximum atomic E-state index is 14.3. The van der Waals surface area contributed by atoms with Gasteiger partial charge in [-0.3, -0.25) is 10.1 Å². The fourth-order valence-electron chi connectivity index (χ4n) is 3.62. The third-order valence-corrected chi connectivity index (χ3v) is 5.10. The molecule has 1 aromatic heterocycles. The van der Waals surface area contributed by atoms with Gasteiger partial charge in [-0.2, -0.15) is 0 Å². The highest BCUT2D eigenvalue weighted by molar-refractivity contribution is 6.00. The van der Waals surface area contributed by atoms with E-state index in [9.17, 15) is 23.7 Å². The molecule has 3 rings (SSSR count). The van der Waals surface area contributed by atoms with Gasteiger partial charge in [0, 0.05) is 40.7 Å². The average Bonchev–Trinajstić information content (AvgIpc) is 2.93. The molecular formula is C24H24F2N2O4. The largest absolute Gasteiger partial charge is 0.456 e. The third-order valence-electron chi connectivity index (χ3n) is 5.10. The van der Waals surface area contributed by atoms with Crippen molar-refractivity contribution in [2.24, 2.45) is 0 Å². The van der Waals surface area contributed by atoms with Crippen molar-refractivity contribution in [3.63, 3.8) is 0 Å². The van der Waals surface area contributed by atoms with Crippen molar-refractivity contribution in [2.45, 2.75) is 46.8 Å². The Bertz CT molecular complexity index is 1190. The number of hydrogen-bond acceptors (Lipinski definition) is 4. The predicted molar refractivity (Wildman–Crippen MR) is 117 cm³/mol. The standard InChI is InChI=1S/C24H24F2N2O4/c1-14-21(16-7-10-19(11-8-16)28(30)31)22(23(29)32-24(3,4)5)15(2)27(14)13-17-6-9-18(25)12-20(17)26/h6-12H,13H2,1-5H3. The lowest BCUT2D eigenvalue weighted by Gasteiger charge is -2.20. The van der Waals surface area contributed by atoms with Gasteiger partial charge in [0.1, 0.15) is 17.2 Å². The van der Waals surface area contributed by atoms with Crippen molar-refractivity contribution in [1.82, 2.24) is 4.57 Å². The van der Waals surface area contributed by atoms with E-state index in [1.807, 2.05) is 0 Å². The Kier molecular flexibility index (Phi) is 6.16. The first-order valence-electron chi connectivity index (χ1n) is 10.0. The molecule has 8 heteroatoms. The topological polar surface area (TPSA) is 74.4 Å². The lowest BCUT2D eigenvalue weighted by Crippen LogP contribution is -2.24. The van der Waals surface area contributed by atoms with Crippen LogP contribution in [0.2, 0.25) is 0 Å². The molecule has 0 unspecified atom stereocenters. The normalized spacial score (nSPS) is 11.5. The summed E-state index contributed by atoms with van der Waals surface area (Å²) in [7, 11) is 0. The number of ether oxygens (including phenoxy) is 1. The van der Waals surface area contributed by atoms with Gasteiger partial charge in [-0.15, -0.1) is 0 Å². The van der Waals surface area contributed by atoms with Crippen LogP contribution in [0.5, 0.6) is 0 Å². The zero-order valence-electron chi connectivity index (χ0n) is 18.5. The molecule has 2 aromatic carbocycles. The molecule has 0 fully saturated rings. The highest BCUT2D eigenvalue weighted by Crippen LogP contribution is 2.35. The fraction of sp³-hybridized carbons (Fsp3) is 0.292. The molecule has 0 radical (unpaired) electrons. The average molecular weight is 442 g/mol. The van der Waals surface area contributed by atoms with Crippen LogP contribution >= 0.6 is 0 Å². The van der Waals surface area contributed by atoms with Gasteiger partial charge >= 0.3 is 5.97 Å². The number of rotatable bonds is 5. The zero-order valence-corrected chi connectivity index (χ0v) is 18.5. The van der Waals surface area contributed by atoms with Gasteiger partial charge in [0.05, 0.1) is 17.0 Å². The molecule has 0 aliphatic heterocycles. The predicted octanol–water partition coefficient (Wildman–Crippen LogP) is 5.96. The van der Waals surface area contributed by atoms with Gasteiger partial charge in [0.15, 0.2) is 0 Å². The summed E-state index contributed by atoms with van der Waals surface area (Å²) < 4.78 is 35.0. The molecule has 0 saturated heterocycles. The summed E-state index contributed by atoms with van der Waals surface area (Å²) in [5.41, 5.74) is 2.09. The number of non-ortho nitro benzene ring substituents is 1. The van der Waals surface area contributed by atoms with Crippen molar-refractivity contribution in [3.8, 4) is 11.1 Å². The Labute approximate surface area is 184 Å². The van der Waals surface area contributed by atoms with Crippen LogP contribution in [0.15, 0.2) is 42.5 Å². The van der Waals surface area contributed by atoms with Gasteiger partial charge in [0.25, 0.3) is 5.69 Å². The summed E-state index contributed by atoms with van der Waals surface area (Å²) >= 11 is 0. The molecule has 0 aliphatic carbocycles. The molecule has 168 valence electrons. The van der Waals surface area contributed by atoms with Crippen LogP contribution < -0.4 is 0 Å². The Morgan fingerprint density at radius 1 is 1.06 bits per heavy atom. The molecule has 0 N–H and O–H groups in total. The van der Waals surface area contributed by atoms with E-state index < -0.39 is 28.1 Å². The highest BCUT2D eigenvalue weighted by atomic mass is 19.1. The Balaban J connectivity index is 2.18. The monoisotopic (exact) mass is 442 g/mol. The van der Waals surface area contributed by atoms with Crippen molar-refractivity contribution in [2.75, 3.05) is 0 Å². The minimum absolute atomic E-state index is 0.0743. The van der Waals surface area contributed by atoms with Crippen LogP contribution in [0.3, 0.4) is 0 Å².